The second-order valence-corrected chi connectivity index (χ2v) is 0.741. The molecule has 0 aliphatic heterocycles. The third-order valence-corrected chi connectivity index (χ3v) is 0.295. The number of rotatable bonds is 1. The van der Waals surface area contributed by atoms with Crippen LogP contribution >= 0.6 is 0 Å². The molecule has 0 spiro atoms. The van der Waals surface area contributed by atoms with Crippen LogP contribution in [0.4, 0.5) is 0 Å². The van der Waals surface area contributed by atoms with E-state index in [1.165, 1.54) is 0 Å². The van der Waals surface area contributed by atoms with Gasteiger partial charge in [0, 0.05) is 0 Å². The molecule has 0 saturated heterocycles. The fourth-order valence-electron chi connectivity index (χ4n) is 0.0913. The van der Waals surface area contributed by atoms with Gasteiger partial charge in [0.15, 0.2) is 6.42 Å². The molecule has 0 radical (unpaired) electrons. The minimum atomic E-state index is 0.858. The molecule has 0 fully saturated rings. The van der Waals surface area contributed by atoms with Crippen molar-refractivity contribution in [3.63, 3.8) is 0 Å². The monoisotopic (exact) mass is 68.0 g/mol. The Morgan fingerprint density at radius 1 is 2.00 bits per heavy atom. The van der Waals surface area contributed by atoms with Gasteiger partial charge in [0.05, 0.1) is 0 Å². The van der Waals surface area contributed by atoms with Gasteiger partial charge in [-0.1, -0.05) is 0 Å². The first-order valence-corrected chi connectivity index (χ1v) is 1.63. The molecule has 5 heavy (non-hydrogen) atoms. The molecule has 1 heteroatoms. The molecule has 0 heterocycles. The summed E-state index contributed by atoms with van der Waals surface area (Å²) < 4.78 is 0. The molecule has 0 saturated carbocycles. The van der Waals surface area contributed by atoms with Gasteiger partial charge in [-0.2, -0.15) is 0 Å². The van der Waals surface area contributed by atoms with Gasteiger partial charge >= 0.3 is 0 Å². The minimum Gasteiger partial charge on any atom is -0.142 e. The molecule has 0 aromatic heterocycles. The highest BCUT2D eigenvalue weighted by Gasteiger charge is 1.80. The van der Waals surface area contributed by atoms with Crippen LogP contribution in [0, 0.1) is 17.8 Å². The molecule has 0 aliphatic carbocycles. The lowest BCUT2D eigenvalue weighted by atomic mass is 10.4. The Morgan fingerprint density at radius 2 is 2.60 bits per heavy atom. The summed E-state index contributed by atoms with van der Waals surface area (Å²) in [7, 11) is 0. The summed E-state index contributed by atoms with van der Waals surface area (Å²) in [5, 5.41) is 7.76. The van der Waals surface area contributed by atoms with Gasteiger partial charge in [-0.25, -0.2) is 0 Å². The summed E-state index contributed by atoms with van der Waals surface area (Å²) >= 11 is 0. The molecule has 0 unspecified atom stereocenters. The predicted octanol–water partition coefficient (Wildman–Crippen LogP) is 1.12. The van der Waals surface area contributed by atoms with Crippen molar-refractivity contribution in [2.24, 2.45) is 0 Å². The first-order chi connectivity index (χ1) is 2.41. The highest BCUT2D eigenvalue weighted by Crippen LogP contribution is 1.75. The van der Waals surface area contributed by atoms with Crippen LogP contribution in [0.5, 0.6) is 0 Å². The number of unbranched alkanes of at least 4 members (excludes halogenated alkanes) is 1. The number of hydrogen-bond donors (Lipinski definition) is 0. The summed E-state index contributed by atoms with van der Waals surface area (Å²) in [4.78, 5) is 0. The maximum absolute atomic E-state index is 7.76. The largest absolute Gasteiger partial charge is 0.287 e. The van der Waals surface area contributed by atoms with Gasteiger partial charge in [0.2, 0.25) is 0 Å². The van der Waals surface area contributed by atoms with E-state index in [2.05, 4.69) is 0 Å². The van der Waals surface area contributed by atoms with Crippen molar-refractivity contribution in [1.29, 1.82) is 5.26 Å². The average molecular weight is 68.1 g/mol. The number of hydrogen-bond acceptors (Lipinski definition) is 1. The molecule has 0 amide bonds. The molecule has 0 bridgehead atoms. The smallest absolute Gasteiger partial charge is 0.142 e. The number of nitriles is 1. The van der Waals surface area contributed by atoms with Crippen molar-refractivity contribution >= 4 is 0 Å². The normalized spacial score (nSPS) is 5.60. The summed E-state index contributed by atoms with van der Waals surface area (Å²) in [5.74, 6) is 0. The summed E-state index contributed by atoms with van der Waals surface area (Å²) in [6.07, 6.45) is 2.41. The van der Waals surface area contributed by atoms with E-state index in [0.29, 0.717) is 0 Å². The van der Waals surface area contributed by atoms with E-state index in [1.54, 1.807) is 6.42 Å². The Labute approximate surface area is 32.2 Å². The van der Waals surface area contributed by atoms with Gasteiger partial charge in [0.25, 0.3) is 6.07 Å². The molecular formula is C4H6N+. The van der Waals surface area contributed by atoms with Crippen LogP contribution in [0.25, 0.3) is 0 Å². The molecule has 0 aliphatic rings. The highest BCUT2D eigenvalue weighted by molar-refractivity contribution is 4.88. The van der Waals surface area contributed by atoms with Crippen molar-refractivity contribution in [2.75, 3.05) is 0 Å². The average Bonchev–Trinajstić information content (AvgIpc) is 1.41. The quantitative estimate of drug-likeness (QED) is 0.422. The first kappa shape index (κ1) is 4.36. The zero-order valence-electron chi connectivity index (χ0n) is 3.23. The SMILES string of the molecule is CC[CH+]C#N. The van der Waals surface area contributed by atoms with Crippen molar-refractivity contribution in [3.8, 4) is 6.07 Å². The topological polar surface area (TPSA) is 23.8 Å². The van der Waals surface area contributed by atoms with Crippen molar-refractivity contribution in [2.45, 2.75) is 13.3 Å². The summed E-state index contributed by atoms with van der Waals surface area (Å²) in [6.45, 7) is 1.93. The molecule has 26 valence electrons. The van der Waals surface area contributed by atoms with Crippen LogP contribution in [0.15, 0.2) is 0 Å². The Balaban J connectivity index is 2.48. The van der Waals surface area contributed by atoms with Crippen molar-refractivity contribution in [1.82, 2.24) is 0 Å². The van der Waals surface area contributed by atoms with E-state index in [0.717, 1.165) is 6.42 Å². The van der Waals surface area contributed by atoms with Gasteiger partial charge in [-0.3, -0.25) is 0 Å². The van der Waals surface area contributed by atoms with Gasteiger partial charge in [-0.05, 0) is 6.92 Å². The fraction of sp³-hybridized carbons (Fsp3) is 0.500. The second kappa shape index (κ2) is 3.36. The zero-order chi connectivity index (χ0) is 4.12. The van der Waals surface area contributed by atoms with E-state index in [4.69, 9.17) is 5.26 Å². The van der Waals surface area contributed by atoms with E-state index < -0.39 is 0 Å². The van der Waals surface area contributed by atoms with Crippen LogP contribution in [0.2, 0.25) is 0 Å². The predicted molar refractivity (Wildman–Crippen MR) is 20.2 cm³/mol. The molecule has 0 aromatic rings. The molecular weight excluding hydrogens is 62.1 g/mol. The third kappa shape index (κ3) is 3.36. The standard InChI is InChI=1S/C4H6N/c1-2-3-4-5/h3H,2H2,1H3/q+1. The van der Waals surface area contributed by atoms with Crippen LogP contribution in [-0.4, -0.2) is 0 Å². The Bertz CT molecular complexity index is 42.1. The summed E-state index contributed by atoms with van der Waals surface area (Å²) in [5.41, 5.74) is 0. The van der Waals surface area contributed by atoms with Gasteiger partial charge in [0.1, 0.15) is 6.42 Å². The van der Waals surface area contributed by atoms with E-state index in [-0.39, 0.29) is 0 Å². The third-order valence-electron chi connectivity index (χ3n) is 0.295. The highest BCUT2D eigenvalue weighted by atomic mass is 14.2. The maximum Gasteiger partial charge on any atom is 0.287 e. The lowest BCUT2D eigenvalue weighted by Gasteiger charge is -1.51. The van der Waals surface area contributed by atoms with Crippen LogP contribution in [0.1, 0.15) is 13.3 Å². The van der Waals surface area contributed by atoms with Crippen molar-refractivity contribution in [3.05, 3.63) is 6.42 Å². The van der Waals surface area contributed by atoms with Gasteiger partial charge in [-0.15, -0.1) is 5.26 Å². The first-order valence-electron chi connectivity index (χ1n) is 1.63. The minimum absolute atomic E-state index is 0.858. The molecule has 0 aromatic carbocycles. The lowest BCUT2D eigenvalue weighted by molar-refractivity contribution is 1.15. The number of nitrogens with zero attached hydrogens (tertiary/aromatic N) is 1. The molecule has 0 rings (SSSR count). The maximum atomic E-state index is 7.76. The molecule has 0 atom stereocenters. The summed E-state index contributed by atoms with van der Waals surface area (Å²) in [6, 6.07) is 1.89. The zero-order valence-corrected chi connectivity index (χ0v) is 3.23. The van der Waals surface area contributed by atoms with Crippen LogP contribution in [-0.2, 0) is 0 Å². The van der Waals surface area contributed by atoms with Crippen LogP contribution < -0.4 is 0 Å². The lowest BCUT2D eigenvalue weighted by Crippen LogP contribution is -1.56. The van der Waals surface area contributed by atoms with E-state index >= 15 is 0 Å². The Morgan fingerprint density at radius 3 is 2.60 bits per heavy atom. The van der Waals surface area contributed by atoms with Crippen molar-refractivity contribution < 1.29 is 0 Å². The van der Waals surface area contributed by atoms with Crippen LogP contribution in [0.3, 0.4) is 0 Å². The molecule has 1 nitrogen and oxygen atoms in total. The van der Waals surface area contributed by atoms with E-state index in [1.807, 2.05) is 13.0 Å². The molecule has 0 N–H and O–H groups in total. The fourth-order valence-corrected chi connectivity index (χ4v) is 0.0913. The van der Waals surface area contributed by atoms with Gasteiger partial charge < -0.3 is 0 Å². The second-order valence-electron chi connectivity index (χ2n) is 0.741. The Hall–Kier alpha value is -0.640. The van der Waals surface area contributed by atoms with E-state index in [9.17, 15) is 0 Å². The Kier molecular flexibility index (Phi) is 2.93.